The molecular weight excluding hydrogens is 279 g/mol. The Bertz CT molecular complexity index is 393. The number of rotatable bonds is 5. The van der Waals surface area contributed by atoms with Crippen LogP contribution in [0.15, 0.2) is 16.6 Å². The van der Waals surface area contributed by atoms with E-state index in [0.29, 0.717) is 18.6 Å². The quantitative estimate of drug-likeness (QED) is 0.907. The fourth-order valence-electron chi connectivity index (χ4n) is 1.42. The molecule has 0 fully saturated rings. The molecule has 1 rings (SSSR count). The van der Waals surface area contributed by atoms with Crippen molar-refractivity contribution in [3.8, 4) is 5.75 Å². The Labute approximate surface area is 101 Å². The number of ether oxygens (including phenoxy) is 1. The van der Waals surface area contributed by atoms with Gasteiger partial charge in [-0.05, 0) is 40.4 Å². The predicted octanol–water partition coefficient (Wildman–Crippen LogP) is 3.00. The van der Waals surface area contributed by atoms with Crippen molar-refractivity contribution in [1.82, 2.24) is 0 Å². The van der Waals surface area contributed by atoms with Gasteiger partial charge in [-0.2, -0.15) is 0 Å². The zero-order valence-electron chi connectivity index (χ0n) is 8.80. The molecule has 0 aliphatic carbocycles. The molecule has 3 nitrogen and oxygen atoms in total. The number of methoxy groups -OCH3 is 1. The number of carbonyl (C=O) groups is 1. The minimum Gasteiger partial charge on any atom is -0.495 e. The molecular formula is C11H12BrFO3. The summed E-state index contributed by atoms with van der Waals surface area (Å²) >= 11 is 3.10. The average molecular weight is 291 g/mol. The van der Waals surface area contributed by atoms with Crippen molar-refractivity contribution in [1.29, 1.82) is 0 Å². The van der Waals surface area contributed by atoms with E-state index in [4.69, 9.17) is 9.84 Å². The summed E-state index contributed by atoms with van der Waals surface area (Å²) in [4.78, 5) is 10.4. The SMILES string of the molecule is COc1c(CCCC(=O)O)ccc(F)c1Br. The van der Waals surface area contributed by atoms with Gasteiger partial charge in [-0.15, -0.1) is 0 Å². The number of hydrogen-bond donors (Lipinski definition) is 1. The van der Waals surface area contributed by atoms with Crippen LogP contribution in [0, 0.1) is 5.82 Å². The molecule has 0 aliphatic heterocycles. The molecule has 0 heterocycles. The number of aliphatic carboxylic acids is 1. The zero-order chi connectivity index (χ0) is 12.1. The van der Waals surface area contributed by atoms with Gasteiger partial charge in [0.2, 0.25) is 0 Å². The topological polar surface area (TPSA) is 46.5 Å². The monoisotopic (exact) mass is 290 g/mol. The first kappa shape index (κ1) is 13.0. The van der Waals surface area contributed by atoms with Crippen molar-refractivity contribution < 1.29 is 19.0 Å². The second-order valence-corrected chi connectivity index (χ2v) is 4.09. The fourth-order valence-corrected chi connectivity index (χ4v) is 1.97. The highest BCUT2D eigenvalue weighted by molar-refractivity contribution is 9.10. The Kier molecular flexibility index (Phi) is 4.73. The van der Waals surface area contributed by atoms with E-state index in [2.05, 4.69) is 15.9 Å². The first-order valence-corrected chi connectivity index (χ1v) is 5.58. The van der Waals surface area contributed by atoms with Gasteiger partial charge >= 0.3 is 5.97 Å². The molecule has 1 aromatic rings. The minimum atomic E-state index is -0.833. The van der Waals surface area contributed by atoms with Crippen LogP contribution in [0.5, 0.6) is 5.75 Å². The number of halogens is 2. The predicted molar refractivity (Wildman–Crippen MR) is 61.2 cm³/mol. The average Bonchev–Trinajstić information content (AvgIpc) is 2.23. The van der Waals surface area contributed by atoms with Crippen molar-refractivity contribution in [2.45, 2.75) is 19.3 Å². The van der Waals surface area contributed by atoms with E-state index in [1.54, 1.807) is 6.07 Å². The fraction of sp³-hybridized carbons (Fsp3) is 0.364. The normalized spacial score (nSPS) is 10.2. The maximum absolute atomic E-state index is 13.2. The van der Waals surface area contributed by atoms with Crippen molar-refractivity contribution in [2.24, 2.45) is 0 Å². The lowest BCUT2D eigenvalue weighted by Gasteiger charge is -2.10. The van der Waals surface area contributed by atoms with Gasteiger partial charge in [-0.3, -0.25) is 4.79 Å². The Morgan fingerprint density at radius 1 is 1.56 bits per heavy atom. The van der Waals surface area contributed by atoms with Crippen LogP contribution >= 0.6 is 15.9 Å². The standard InChI is InChI=1S/C11H12BrFO3/c1-16-11-7(3-2-4-9(14)15)5-6-8(13)10(11)12/h5-6H,2-4H2,1H3,(H,14,15). The molecule has 16 heavy (non-hydrogen) atoms. The lowest BCUT2D eigenvalue weighted by Crippen LogP contribution is -1.99. The first-order valence-electron chi connectivity index (χ1n) is 4.79. The van der Waals surface area contributed by atoms with Gasteiger partial charge in [0.05, 0.1) is 11.6 Å². The van der Waals surface area contributed by atoms with Crippen molar-refractivity contribution >= 4 is 21.9 Å². The smallest absolute Gasteiger partial charge is 0.303 e. The Hall–Kier alpha value is -1.10. The van der Waals surface area contributed by atoms with E-state index in [1.807, 2.05) is 0 Å². The summed E-state index contributed by atoms with van der Waals surface area (Å²) in [7, 11) is 1.46. The van der Waals surface area contributed by atoms with Crippen LogP contribution in [0.1, 0.15) is 18.4 Å². The number of aryl methyl sites for hydroxylation is 1. The van der Waals surface area contributed by atoms with Crippen molar-refractivity contribution in [2.75, 3.05) is 7.11 Å². The molecule has 5 heteroatoms. The third kappa shape index (κ3) is 3.20. The van der Waals surface area contributed by atoms with Crippen LogP contribution in [0.4, 0.5) is 4.39 Å². The molecule has 0 amide bonds. The second kappa shape index (κ2) is 5.84. The van der Waals surface area contributed by atoms with Gasteiger partial charge in [0.15, 0.2) is 0 Å². The highest BCUT2D eigenvalue weighted by atomic mass is 79.9. The molecule has 0 aliphatic rings. The molecule has 0 unspecified atom stereocenters. The molecule has 0 spiro atoms. The maximum Gasteiger partial charge on any atom is 0.303 e. The third-order valence-electron chi connectivity index (χ3n) is 2.17. The molecule has 0 saturated heterocycles. The Balaban J connectivity index is 2.79. The number of carboxylic acid groups (broad SMARTS) is 1. The molecule has 0 aromatic heterocycles. The van der Waals surface area contributed by atoms with Gasteiger partial charge in [0.1, 0.15) is 11.6 Å². The third-order valence-corrected chi connectivity index (χ3v) is 2.91. The molecule has 88 valence electrons. The second-order valence-electron chi connectivity index (χ2n) is 3.30. The van der Waals surface area contributed by atoms with Crippen molar-refractivity contribution in [3.63, 3.8) is 0 Å². The van der Waals surface area contributed by atoms with Gasteiger partial charge in [-0.1, -0.05) is 6.07 Å². The largest absolute Gasteiger partial charge is 0.495 e. The number of benzene rings is 1. The number of carboxylic acids is 1. The summed E-state index contributed by atoms with van der Waals surface area (Å²) in [5.41, 5.74) is 0.803. The summed E-state index contributed by atoms with van der Waals surface area (Å²) in [5.74, 6) is -0.788. The summed E-state index contributed by atoms with van der Waals surface area (Å²) in [5, 5.41) is 8.52. The summed E-state index contributed by atoms with van der Waals surface area (Å²) in [6, 6.07) is 2.95. The maximum atomic E-state index is 13.2. The molecule has 0 radical (unpaired) electrons. The van der Waals surface area contributed by atoms with Crippen LogP contribution in [0.3, 0.4) is 0 Å². The van der Waals surface area contributed by atoms with Crippen molar-refractivity contribution in [3.05, 3.63) is 28.0 Å². The molecule has 1 N–H and O–H groups in total. The highest BCUT2D eigenvalue weighted by Crippen LogP contribution is 2.32. The lowest BCUT2D eigenvalue weighted by molar-refractivity contribution is -0.137. The summed E-state index contributed by atoms with van der Waals surface area (Å²) < 4.78 is 18.5. The Morgan fingerprint density at radius 2 is 2.25 bits per heavy atom. The van der Waals surface area contributed by atoms with E-state index in [0.717, 1.165) is 5.56 Å². The number of hydrogen-bond acceptors (Lipinski definition) is 2. The van der Waals surface area contributed by atoms with Crippen LogP contribution < -0.4 is 4.74 Å². The summed E-state index contributed by atoms with van der Waals surface area (Å²) in [6.45, 7) is 0. The summed E-state index contributed by atoms with van der Waals surface area (Å²) in [6.07, 6.45) is 1.15. The highest BCUT2D eigenvalue weighted by Gasteiger charge is 2.12. The molecule has 0 atom stereocenters. The van der Waals surface area contributed by atoms with Gasteiger partial charge in [-0.25, -0.2) is 4.39 Å². The van der Waals surface area contributed by atoms with Gasteiger partial charge < -0.3 is 9.84 Å². The lowest BCUT2D eigenvalue weighted by atomic mass is 10.1. The molecule has 1 aromatic carbocycles. The van der Waals surface area contributed by atoms with E-state index in [9.17, 15) is 9.18 Å². The van der Waals surface area contributed by atoms with Crippen LogP contribution in [0.25, 0.3) is 0 Å². The van der Waals surface area contributed by atoms with Crippen LogP contribution in [0.2, 0.25) is 0 Å². The molecule has 0 bridgehead atoms. The van der Waals surface area contributed by atoms with Crippen LogP contribution in [-0.2, 0) is 11.2 Å². The van der Waals surface area contributed by atoms with Crippen LogP contribution in [-0.4, -0.2) is 18.2 Å². The van der Waals surface area contributed by atoms with E-state index >= 15 is 0 Å². The minimum absolute atomic E-state index is 0.0954. The first-order chi connectivity index (χ1) is 7.56. The van der Waals surface area contributed by atoms with E-state index in [-0.39, 0.29) is 16.7 Å². The Morgan fingerprint density at radius 3 is 2.81 bits per heavy atom. The van der Waals surface area contributed by atoms with Gasteiger partial charge in [0, 0.05) is 6.42 Å². The molecule has 0 saturated carbocycles. The van der Waals surface area contributed by atoms with E-state index < -0.39 is 5.97 Å². The van der Waals surface area contributed by atoms with E-state index in [1.165, 1.54) is 13.2 Å². The zero-order valence-corrected chi connectivity index (χ0v) is 10.4. The van der Waals surface area contributed by atoms with Gasteiger partial charge in [0.25, 0.3) is 0 Å².